The van der Waals surface area contributed by atoms with Gasteiger partial charge in [0.1, 0.15) is 0 Å². The van der Waals surface area contributed by atoms with E-state index in [0.29, 0.717) is 6.42 Å². The van der Waals surface area contributed by atoms with Crippen molar-refractivity contribution in [2.24, 2.45) is 5.73 Å². The van der Waals surface area contributed by atoms with E-state index in [1.165, 1.54) is 0 Å². The van der Waals surface area contributed by atoms with E-state index in [1.54, 1.807) is 0 Å². The number of carbonyl (C=O) groups is 1. The predicted octanol–water partition coefficient (Wildman–Crippen LogP) is 1.67. The van der Waals surface area contributed by atoms with Crippen molar-refractivity contribution < 1.29 is 4.79 Å². The molecule has 1 aromatic rings. The maximum Gasteiger partial charge on any atom is 0.218 e. The molecule has 0 aliphatic heterocycles. The first-order valence-electron chi connectivity index (χ1n) is 4.03. The average molecular weight is 163 g/mol. The van der Waals surface area contributed by atoms with Crippen LogP contribution in [0, 0.1) is 0 Å². The van der Waals surface area contributed by atoms with Gasteiger partial charge in [0, 0.05) is 6.42 Å². The van der Waals surface area contributed by atoms with Gasteiger partial charge in [0.25, 0.3) is 0 Å². The number of hydrogen-bond acceptors (Lipinski definition) is 1. The number of rotatable bonds is 3. The second kappa shape index (κ2) is 3.90. The second-order valence-electron chi connectivity index (χ2n) is 2.98. The molecule has 1 amide bonds. The lowest BCUT2D eigenvalue weighted by atomic mass is 9.98. The van der Waals surface area contributed by atoms with Crippen LogP contribution in [0.15, 0.2) is 30.3 Å². The smallest absolute Gasteiger partial charge is 0.218 e. The molecule has 2 heteroatoms. The van der Waals surface area contributed by atoms with E-state index in [-0.39, 0.29) is 11.8 Å². The zero-order valence-corrected chi connectivity index (χ0v) is 7.16. The molecule has 0 bridgehead atoms. The zero-order valence-electron chi connectivity index (χ0n) is 7.16. The number of hydrogen-bond donors (Lipinski definition) is 1. The van der Waals surface area contributed by atoms with Crippen LogP contribution in [0.4, 0.5) is 0 Å². The van der Waals surface area contributed by atoms with Crippen molar-refractivity contribution in [3.05, 3.63) is 35.9 Å². The highest BCUT2D eigenvalue weighted by Crippen LogP contribution is 2.17. The van der Waals surface area contributed by atoms with Gasteiger partial charge in [-0.25, -0.2) is 0 Å². The first-order valence-corrected chi connectivity index (χ1v) is 4.03. The summed E-state index contributed by atoms with van der Waals surface area (Å²) in [4.78, 5) is 10.6. The fraction of sp³-hybridized carbons (Fsp3) is 0.300. The van der Waals surface area contributed by atoms with Gasteiger partial charge in [-0.05, 0) is 11.5 Å². The summed E-state index contributed by atoms with van der Waals surface area (Å²) < 4.78 is 0. The summed E-state index contributed by atoms with van der Waals surface area (Å²) in [5, 5.41) is 0. The summed E-state index contributed by atoms with van der Waals surface area (Å²) in [5.41, 5.74) is 6.26. The highest BCUT2D eigenvalue weighted by atomic mass is 16.1. The maximum atomic E-state index is 10.6. The molecule has 0 radical (unpaired) electrons. The molecule has 0 spiro atoms. The molecule has 0 fully saturated rings. The minimum atomic E-state index is -0.244. The minimum absolute atomic E-state index is 0.226. The molecule has 0 saturated carbocycles. The number of amides is 1. The van der Waals surface area contributed by atoms with Crippen molar-refractivity contribution in [1.82, 2.24) is 0 Å². The quantitative estimate of drug-likeness (QED) is 0.723. The molecule has 2 nitrogen and oxygen atoms in total. The van der Waals surface area contributed by atoms with E-state index in [1.807, 2.05) is 37.3 Å². The third-order valence-electron chi connectivity index (χ3n) is 1.88. The van der Waals surface area contributed by atoms with Gasteiger partial charge in [-0.2, -0.15) is 0 Å². The van der Waals surface area contributed by atoms with Crippen LogP contribution < -0.4 is 5.73 Å². The fourth-order valence-electron chi connectivity index (χ4n) is 1.20. The first kappa shape index (κ1) is 8.78. The number of primary amides is 1. The molecule has 0 saturated heterocycles. The summed E-state index contributed by atoms with van der Waals surface area (Å²) in [6, 6.07) is 9.90. The lowest BCUT2D eigenvalue weighted by Crippen LogP contribution is -2.13. The molecule has 0 aliphatic rings. The normalized spacial score (nSPS) is 12.4. The third-order valence-corrected chi connectivity index (χ3v) is 1.88. The Labute approximate surface area is 72.4 Å². The highest BCUT2D eigenvalue weighted by molar-refractivity contribution is 5.74. The summed E-state index contributed by atoms with van der Waals surface area (Å²) in [5.74, 6) is -0.0185. The van der Waals surface area contributed by atoms with Gasteiger partial charge < -0.3 is 5.73 Å². The Morgan fingerprint density at radius 2 is 2.00 bits per heavy atom. The average Bonchev–Trinajstić information content (AvgIpc) is 2.05. The molecular weight excluding hydrogens is 150 g/mol. The van der Waals surface area contributed by atoms with Gasteiger partial charge in [-0.15, -0.1) is 0 Å². The van der Waals surface area contributed by atoms with E-state index in [4.69, 9.17) is 5.73 Å². The first-order chi connectivity index (χ1) is 5.70. The molecule has 2 N–H and O–H groups in total. The van der Waals surface area contributed by atoms with E-state index in [0.717, 1.165) is 5.56 Å². The van der Waals surface area contributed by atoms with E-state index in [9.17, 15) is 4.79 Å². The van der Waals surface area contributed by atoms with Crippen LogP contribution in [0.2, 0.25) is 0 Å². The van der Waals surface area contributed by atoms with Gasteiger partial charge in [0.2, 0.25) is 5.91 Å². The topological polar surface area (TPSA) is 43.1 Å². The Bertz CT molecular complexity index is 256. The Kier molecular flexibility index (Phi) is 2.86. The number of benzene rings is 1. The molecule has 1 aromatic carbocycles. The Balaban J connectivity index is 2.65. The van der Waals surface area contributed by atoms with Crippen molar-refractivity contribution in [1.29, 1.82) is 0 Å². The van der Waals surface area contributed by atoms with Crippen LogP contribution in [-0.2, 0) is 4.79 Å². The van der Waals surface area contributed by atoms with E-state index >= 15 is 0 Å². The molecule has 1 rings (SSSR count). The minimum Gasteiger partial charge on any atom is -0.370 e. The lowest BCUT2D eigenvalue weighted by molar-refractivity contribution is -0.118. The summed E-state index contributed by atoms with van der Waals surface area (Å²) in [7, 11) is 0. The Hall–Kier alpha value is -1.31. The standard InChI is InChI=1S/C10H13NO/c1-8(7-10(11)12)9-5-3-2-4-6-9/h2-6,8H,7H2,1H3,(H2,11,12). The van der Waals surface area contributed by atoms with Crippen LogP contribution in [-0.4, -0.2) is 5.91 Å². The molecular formula is C10H13NO. The summed E-state index contributed by atoms with van der Waals surface area (Å²) in [6.07, 6.45) is 0.421. The van der Waals surface area contributed by atoms with E-state index < -0.39 is 0 Å². The zero-order chi connectivity index (χ0) is 8.97. The highest BCUT2D eigenvalue weighted by Gasteiger charge is 2.06. The number of carbonyl (C=O) groups excluding carboxylic acids is 1. The molecule has 1 atom stereocenters. The molecule has 12 heavy (non-hydrogen) atoms. The summed E-state index contributed by atoms with van der Waals surface area (Å²) >= 11 is 0. The molecule has 0 heterocycles. The predicted molar refractivity (Wildman–Crippen MR) is 48.7 cm³/mol. The summed E-state index contributed by atoms with van der Waals surface area (Å²) in [6.45, 7) is 2.00. The lowest BCUT2D eigenvalue weighted by Gasteiger charge is -2.08. The largest absolute Gasteiger partial charge is 0.370 e. The van der Waals surface area contributed by atoms with Crippen LogP contribution in [0.3, 0.4) is 0 Å². The Morgan fingerprint density at radius 1 is 1.42 bits per heavy atom. The Morgan fingerprint density at radius 3 is 2.50 bits per heavy atom. The van der Waals surface area contributed by atoms with E-state index in [2.05, 4.69) is 0 Å². The van der Waals surface area contributed by atoms with Crippen LogP contribution >= 0.6 is 0 Å². The van der Waals surface area contributed by atoms with Crippen LogP contribution in [0.25, 0.3) is 0 Å². The van der Waals surface area contributed by atoms with Crippen molar-refractivity contribution >= 4 is 5.91 Å². The van der Waals surface area contributed by atoms with Crippen LogP contribution in [0.5, 0.6) is 0 Å². The SMILES string of the molecule is CC(CC(N)=O)c1ccccc1. The van der Waals surface area contributed by atoms with Gasteiger partial charge >= 0.3 is 0 Å². The van der Waals surface area contributed by atoms with Gasteiger partial charge in [-0.3, -0.25) is 4.79 Å². The molecule has 0 aliphatic carbocycles. The van der Waals surface area contributed by atoms with Crippen molar-refractivity contribution in [3.8, 4) is 0 Å². The van der Waals surface area contributed by atoms with Crippen LogP contribution in [0.1, 0.15) is 24.8 Å². The maximum absolute atomic E-state index is 10.6. The monoisotopic (exact) mass is 163 g/mol. The van der Waals surface area contributed by atoms with Gasteiger partial charge in [0.05, 0.1) is 0 Å². The second-order valence-corrected chi connectivity index (χ2v) is 2.98. The third kappa shape index (κ3) is 2.38. The van der Waals surface area contributed by atoms with Gasteiger partial charge in [0.15, 0.2) is 0 Å². The fourth-order valence-corrected chi connectivity index (χ4v) is 1.20. The van der Waals surface area contributed by atoms with Crippen molar-refractivity contribution in [2.45, 2.75) is 19.3 Å². The van der Waals surface area contributed by atoms with Gasteiger partial charge in [-0.1, -0.05) is 37.3 Å². The number of nitrogens with two attached hydrogens (primary N) is 1. The molecule has 0 aromatic heterocycles. The van der Waals surface area contributed by atoms with Crippen molar-refractivity contribution in [3.63, 3.8) is 0 Å². The molecule has 1 unspecified atom stereocenters. The molecule has 64 valence electrons. The van der Waals surface area contributed by atoms with Crippen molar-refractivity contribution in [2.75, 3.05) is 0 Å².